The van der Waals surface area contributed by atoms with E-state index in [2.05, 4.69) is 34.6 Å². The zero-order valence-electron chi connectivity index (χ0n) is 20.0. The Hall–Kier alpha value is -2.04. The first kappa shape index (κ1) is 27.0. The summed E-state index contributed by atoms with van der Waals surface area (Å²) in [6, 6.07) is 5.37. The van der Waals surface area contributed by atoms with Crippen molar-refractivity contribution in [1.82, 2.24) is 0 Å². The third-order valence-electron chi connectivity index (χ3n) is 5.72. The molecule has 0 heterocycles. The molecule has 176 valence electrons. The monoisotopic (exact) mass is 434 g/mol. The van der Waals surface area contributed by atoms with Crippen molar-refractivity contribution in [2.24, 2.45) is 11.8 Å². The first-order valence-electron chi connectivity index (χ1n) is 11.9. The molecule has 0 aliphatic rings. The summed E-state index contributed by atoms with van der Waals surface area (Å²) in [4.78, 5) is 24.5. The molecule has 0 saturated carbocycles. The smallest absolute Gasteiger partial charge is 0.311 e. The Morgan fingerprint density at radius 1 is 0.839 bits per heavy atom. The van der Waals surface area contributed by atoms with Crippen molar-refractivity contribution in [2.75, 3.05) is 6.61 Å². The Labute approximate surface area is 188 Å². The fourth-order valence-corrected chi connectivity index (χ4v) is 3.95. The van der Waals surface area contributed by atoms with E-state index in [4.69, 9.17) is 4.74 Å². The van der Waals surface area contributed by atoms with Crippen LogP contribution in [0.2, 0.25) is 0 Å². The molecule has 0 fully saturated rings. The highest BCUT2D eigenvalue weighted by Gasteiger charge is 2.31. The van der Waals surface area contributed by atoms with Crippen molar-refractivity contribution in [3.8, 4) is 5.75 Å². The summed E-state index contributed by atoms with van der Waals surface area (Å²) < 4.78 is 5.99. The van der Waals surface area contributed by atoms with Gasteiger partial charge in [0.1, 0.15) is 5.75 Å². The standard InChI is InChI=1S/C26H42O5/c1-6-7-17-31-23-16-10-13-20(21(25(27)28)14-8-11-18(2)3)24(23)22(26(29)30)15-9-12-19(4)5/h10,13,16,18-19,21-22H,6-9,11-12,14-15,17H2,1-5H3,(H,27,28)(H,29,30). The van der Waals surface area contributed by atoms with Crippen molar-refractivity contribution in [1.29, 1.82) is 0 Å². The SMILES string of the molecule is CCCCOc1cccc(C(CCCC(C)C)C(=O)O)c1C(CCCC(C)C)C(=O)O. The maximum atomic E-state index is 12.3. The summed E-state index contributed by atoms with van der Waals surface area (Å²) in [6.07, 6.45) is 6.27. The minimum absolute atomic E-state index is 0.479. The summed E-state index contributed by atoms with van der Waals surface area (Å²) in [7, 11) is 0. The molecular formula is C26H42O5. The molecule has 0 aliphatic heterocycles. The van der Waals surface area contributed by atoms with Gasteiger partial charge in [0.25, 0.3) is 0 Å². The highest BCUT2D eigenvalue weighted by molar-refractivity contribution is 5.82. The van der Waals surface area contributed by atoms with Gasteiger partial charge in [0.15, 0.2) is 0 Å². The molecule has 5 nitrogen and oxygen atoms in total. The van der Waals surface area contributed by atoms with Crippen LogP contribution in [0.4, 0.5) is 0 Å². The third kappa shape index (κ3) is 9.32. The van der Waals surface area contributed by atoms with Crippen LogP contribution in [0.3, 0.4) is 0 Å². The zero-order chi connectivity index (χ0) is 23.4. The predicted octanol–water partition coefficient (Wildman–Crippen LogP) is 6.85. The molecule has 0 radical (unpaired) electrons. The molecule has 0 aromatic heterocycles. The van der Waals surface area contributed by atoms with E-state index in [0.717, 1.165) is 38.5 Å². The van der Waals surface area contributed by atoms with Gasteiger partial charge in [-0.2, -0.15) is 0 Å². The van der Waals surface area contributed by atoms with Gasteiger partial charge in [0.2, 0.25) is 0 Å². The zero-order valence-corrected chi connectivity index (χ0v) is 20.0. The largest absolute Gasteiger partial charge is 0.493 e. The van der Waals surface area contributed by atoms with Crippen molar-refractivity contribution >= 4 is 11.9 Å². The Morgan fingerprint density at radius 2 is 1.39 bits per heavy atom. The van der Waals surface area contributed by atoms with E-state index in [1.807, 2.05) is 0 Å². The van der Waals surface area contributed by atoms with Gasteiger partial charge in [-0.15, -0.1) is 0 Å². The summed E-state index contributed by atoms with van der Waals surface area (Å²) in [5.74, 6) is -1.79. The molecule has 0 bridgehead atoms. The number of ether oxygens (including phenoxy) is 1. The van der Waals surface area contributed by atoms with E-state index >= 15 is 0 Å². The lowest BCUT2D eigenvalue weighted by Gasteiger charge is -2.24. The van der Waals surface area contributed by atoms with Gasteiger partial charge in [0.05, 0.1) is 18.4 Å². The molecule has 1 aromatic carbocycles. The fourth-order valence-electron chi connectivity index (χ4n) is 3.95. The van der Waals surface area contributed by atoms with Crippen LogP contribution in [0.15, 0.2) is 18.2 Å². The number of benzene rings is 1. The molecule has 2 N–H and O–H groups in total. The number of hydrogen-bond donors (Lipinski definition) is 2. The van der Waals surface area contributed by atoms with Crippen LogP contribution in [-0.4, -0.2) is 28.8 Å². The van der Waals surface area contributed by atoms with E-state index in [1.54, 1.807) is 18.2 Å². The second-order valence-corrected chi connectivity index (χ2v) is 9.39. The molecule has 0 saturated heterocycles. The molecule has 2 atom stereocenters. The average Bonchev–Trinajstić information content (AvgIpc) is 2.68. The molecule has 31 heavy (non-hydrogen) atoms. The van der Waals surface area contributed by atoms with Crippen molar-refractivity contribution in [2.45, 2.75) is 97.8 Å². The van der Waals surface area contributed by atoms with Crippen LogP contribution in [0.1, 0.15) is 109 Å². The van der Waals surface area contributed by atoms with Gasteiger partial charge in [0, 0.05) is 5.56 Å². The molecule has 5 heteroatoms. The highest BCUT2D eigenvalue weighted by Crippen LogP contribution is 2.39. The maximum absolute atomic E-state index is 12.3. The van der Waals surface area contributed by atoms with Gasteiger partial charge in [-0.25, -0.2) is 0 Å². The molecule has 2 unspecified atom stereocenters. The van der Waals surface area contributed by atoms with Gasteiger partial charge in [-0.05, 0) is 42.7 Å². The first-order chi connectivity index (χ1) is 14.7. The number of carboxylic acid groups (broad SMARTS) is 2. The quantitative estimate of drug-likeness (QED) is 0.278. The molecule has 0 aliphatic carbocycles. The average molecular weight is 435 g/mol. The Bertz CT molecular complexity index is 680. The lowest BCUT2D eigenvalue weighted by Crippen LogP contribution is -2.20. The van der Waals surface area contributed by atoms with E-state index in [9.17, 15) is 19.8 Å². The molecule has 1 aromatic rings. The molecular weight excluding hydrogens is 392 g/mol. The van der Waals surface area contributed by atoms with Crippen LogP contribution in [-0.2, 0) is 9.59 Å². The van der Waals surface area contributed by atoms with Crippen LogP contribution in [0, 0.1) is 11.8 Å². The first-order valence-corrected chi connectivity index (χ1v) is 11.9. The Morgan fingerprint density at radius 3 is 1.87 bits per heavy atom. The topological polar surface area (TPSA) is 83.8 Å². The van der Waals surface area contributed by atoms with Crippen LogP contribution < -0.4 is 4.74 Å². The fraction of sp³-hybridized carbons (Fsp3) is 0.692. The molecule has 0 amide bonds. The summed E-state index contributed by atoms with van der Waals surface area (Å²) in [6.45, 7) is 11.1. The number of unbranched alkanes of at least 4 members (excludes halogenated alkanes) is 1. The van der Waals surface area contributed by atoms with Crippen LogP contribution >= 0.6 is 0 Å². The Kier molecular flexibility index (Phi) is 12.3. The van der Waals surface area contributed by atoms with Gasteiger partial charge in [-0.3, -0.25) is 9.59 Å². The van der Waals surface area contributed by atoms with E-state index in [-0.39, 0.29) is 0 Å². The van der Waals surface area contributed by atoms with Gasteiger partial charge >= 0.3 is 11.9 Å². The molecule has 1 rings (SSSR count). The van der Waals surface area contributed by atoms with Crippen molar-refractivity contribution < 1.29 is 24.5 Å². The second kappa shape index (κ2) is 14.1. The second-order valence-electron chi connectivity index (χ2n) is 9.39. The van der Waals surface area contributed by atoms with Gasteiger partial charge < -0.3 is 14.9 Å². The predicted molar refractivity (Wildman–Crippen MR) is 125 cm³/mol. The van der Waals surface area contributed by atoms with Crippen LogP contribution in [0.5, 0.6) is 5.75 Å². The van der Waals surface area contributed by atoms with Crippen molar-refractivity contribution in [3.63, 3.8) is 0 Å². The third-order valence-corrected chi connectivity index (χ3v) is 5.72. The van der Waals surface area contributed by atoms with E-state index in [1.165, 1.54) is 0 Å². The highest BCUT2D eigenvalue weighted by atomic mass is 16.5. The maximum Gasteiger partial charge on any atom is 0.311 e. The van der Waals surface area contributed by atoms with E-state index < -0.39 is 23.8 Å². The number of carbonyl (C=O) groups is 2. The molecule has 0 spiro atoms. The minimum atomic E-state index is -0.914. The number of aliphatic carboxylic acids is 2. The van der Waals surface area contributed by atoms with E-state index in [0.29, 0.717) is 48.2 Å². The number of rotatable bonds is 16. The minimum Gasteiger partial charge on any atom is -0.493 e. The van der Waals surface area contributed by atoms with Crippen molar-refractivity contribution in [3.05, 3.63) is 29.3 Å². The summed E-state index contributed by atoms with van der Waals surface area (Å²) >= 11 is 0. The van der Waals surface area contributed by atoms with Crippen LogP contribution in [0.25, 0.3) is 0 Å². The Balaban J connectivity index is 3.37. The summed E-state index contributed by atoms with van der Waals surface area (Å²) in [5, 5.41) is 20.1. The lowest BCUT2D eigenvalue weighted by molar-refractivity contribution is -0.140. The number of hydrogen-bond acceptors (Lipinski definition) is 3. The normalized spacial score (nSPS) is 13.4. The number of carboxylic acids is 2. The lowest BCUT2D eigenvalue weighted by atomic mass is 9.81. The van der Waals surface area contributed by atoms with Gasteiger partial charge in [-0.1, -0.05) is 78.9 Å². The summed E-state index contributed by atoms with van der Waals surface area (Å²) in [5.41, 5.74) is 1.16.